The molecule has 0 saturated carbocycles. The molecule has 2 heterocycles. The zero-order valence-corrected chi connectivity index (χ0v) is 27.0. The number of fused-ring (bicyclic) bond motifs is 1. The van der Waals surface area contributed by atoms with Crippen molar-refractivity contribution < 1.29 is 19.2 Å². The van der Waals surface area contributed by atoms with Crippen LogP contribution < -0.4 is 21.4 Å². The summed E-state index contributed by atoms with van der Waals surface area (Å²) in [5, 5.41) is 12.1. The van der Waals surface area contributed by atoms with Crippen LogP contribution in [0, 0.1) is 17.8 Å². The van der Waals surface area contributed by atoms with Gasteiger partial charge in [-0.1, -0.05) is 58.6 Å². The standard InChI is InChI=1S/C34H48N6O4/c1-9-12-21(5)22(6)31(41)38-30(20(3)4)33(43)37-24(8)34(44)40-16-11-13-29(39-40)32(42)36-23(7)25-14-15-26-19-35-28(10-2)18-27(26)17-25/h9-10,12,14-15,17-24,29-30,39H,2,11,13,16H2,1,3-8H3,(H,36,42)(H,37,43)(H,38,41)/b12-9+/t21-,22-,23-,24+,29+,30+/m1/s1. The fraction of sp³-hybridized carbons (Fsp3) is 0.500. The largest absolute Gasteiger partial charge is 0.348 e. The molecule has 0 radical (unpaired) electrons. The van der Waals surface area contributed by atoms with Crippen molar-refractivity contribution in [3.8, 4) is 0 Å². The third kappa shape index (κ3) is 8.75. The third-order valence-electron chi connectivity index (χ3n) is 8.28. The van der Waals surface area contributed by atoms with Gasteiger partial charge in [0.05, 0.1) is 11.7 Å². The molecule has 10 heteroatoms. The smallest absolute Gasteiger partial charge is 0.258 e. The lowest BCUT2D eigenvalue weighted by Crippen LogP contribution is -2.62. The number of carbonyl (C=O) groups excluding carboxylic acids is 4. The number of aromatic nitrogens is 1. The van der Waals surface area contributed by atoms with Gasteiger partial charge in [-0.05, 0) is 74.6 Å². The lowest BCUT2D eigenvalue weighted by atomic mass is 9.93. The van der Waals surface area contributed by atoms with Gasteiger partial charge in [-0.15, -0.1) is 0 Å². The van der Waals surface area contributed by atoms with Gasteiger partial charge in [-0.3, -0.25) is 29.2 Å². The molecule has 1 fully saturated rings. The number of rotatable bonds is 12. The molecule has 1 aromatic carbocycles. The molecule has 6 atom stereocenters. The number of hydrogen-bond donors (Lipinski definition) is 4. The summed E-state index contributed by atoms with van der Waals surface area (Å²) >= 11 is 0. The van der Waals surface area contributed by atoms with E-state index in [1.807, 2.05) is 78.0 Å². The number of carbonyl (C=O) groups is 4. The number of allylic oxidation sites excluding steroid dienone is 2. The van der Waals surface area contributed by atoms with Gasteiger partial charge >= 0.3 is 0 Å². The summed E-state index contributed by atoms with van der Waals surface area (Å²) in [4.78, 5) is 56.9. The summed E-state index contributed by atoms with van der Waals surface area (Å²) in [6.07, 6.45) is 8.55. The third-order valence-corrected chi connectivity index (χ3v) is 8.28. The number of nitrogens with zero attached hydrogens (tertiary/aromatic N) is 2. The normalized spacial score (nSPS) is 18.7. The molecule has 4 amide bonds. The van der Waals surface area contributed by atoms with Crippen molar-refractivity contribution in [2.75, 3.05) is 6.54 Å². The highest BCUT2D eigenvalue weighted by atomic mass is 16.2. The van der Waals surface area contributed by atoms with Gasteiger partial charge in [-0.25, -0.2) is 5.43 Å². The molecule has 4 N–H and O–H groups in total. The van der Waals surface area contributed by atoms with E-state index in [-0.39, 0.29) is 41.5 Å². The van der Waals surface area contributed by atoms with Crippen molar-refractivity contribution in [3.05, 3.63) is 60.5 Å². The lowest BCUT2D eigenvalue weighted by molar-refractivity contribution is -0.143. The zero-order valence-electron chi connectivity index (χ0n) is 27.0. The molecular formula is C34H48N6O4. The fourth-order valence-corrected chi connectivity index (χ4v) is 5.22. The first kappa shape index (κ1) is 34.4. The number of benzene rings is 1. The molecule has 1 aromatic heterocycles. The summed E-state index contributed by atoms with van der Waals surface area (Å²) in [6, 6.07) is 5.41. The molecule has 2 aromatic rings. The maximum absolute atomic E-state index is 13.3. The van der Waals surface area contributed by atoms with Crippen molar-refractivity contribution in [2.24, 2.45) is 17.8 Å². The molecule has 3 rings (SSSR count). The first-order valence-corrected chi connectivity index (χ1v) is 15.5. The molecule has 1 aliphatic rings. The number of pyridine rings is 1. The monoisotopic (exact) mass is 604 g/mol. The van der Waals surface area contributed by atoms with Crippen LogP contribution in [0.2, 0.25) is 0 Å². The summed E-state index contributed by atoms with van der Waals surface area (Å²) < 4.78 is 0. The van der Waals surface area contributed by atoms with Crippen LogP contribution in [-0.4, -0.2) is 58.3 Å². The second-order valence-electron chi connectivity index (χ2n) is 12.1. The molecule has 0 bridgehead atoms. The molecular weight excluding hydrogens is 556 g/mol. The van der Waals surface area contributed by atoms with Crippen LogP contribution in [0.4, 0.5) is 0 Å². The summed E-state index contributed by atoms with van der Waals surface area (Å²) in [6.45, 7) is 17.1. The Labute approximate surface area is 261 Å². The van der Waals surface area contributed by atoms with Crippen LogP contribution in [0.3, 0.4) is 0 Å². The van der Waals surface area contributed by atoms with Crippen LogP contribution in [-0.2, 0) is 19.2 Å². The van der Waals surface area contributed by atoms with Crippen LogP contribution >= 0.6 is 0 Å². The molecule has 1 aliphatic heterocycles. The second-order valence-corrected chi connectivity index (χ2v) is 12.1. The molecule has 0 unspecified atom stereocenters. The predicted octanol–water partition coefficient (Wildman–Crippen LogP) is 4.04. The van der Waals surface area contributed by atoms with E-state index in [4.69, 9.17) is 0 Å². The van der Waals surface area contributed by atoms with Crippen LogP contribution in [0.15, 0.2) is 49.2 Å². The van der Waals surface area contributed by atoms with E-state index in [2.05, 4.69) is 32.9 Å². The quantitative estimate of drug-likeness (QED) is 0.270. The Balaban J connectivity index is 1.59. The number of hydrogen-bond acceptors (Lipinski definition) is 6. The second kappa shape index (κ2) is 15.6. The minimum atomic E-state index is -0.860. The molecule has 0 spiro atoms. The Morgan fingerprint density at radius 2 is 1.73 bits per heavy atom. The Bertz CT molecular complexity index is 1390. The van der Waals surface area contributed by atoms with Gasteiger partial charge in [0.1, 0.15) is 18.1 Å². The van der Waals surface area contributed by atoms with Crippen molar-refractivity contribution in [1.29, 1.82) is 0 Å². The van der Waals surface area contributed by atoms with Crippen molar-refractivity contribution in [2.45, 2.75) is 85.5 Å². The van der Waals surface area contributed by atoms with Crippen LogP contribution in [0.25, 0.3) is 16.8 Å². The van der Waals surface area contributed by atoms with Gasteiger partial charge in [0.25, 0.3) is 5.91 Å². The predicted molar refractivity (Wildman–Crippen MR) is 174 cm³/mol. The number of amides is 4. The minimum absolute atomic E-state index is 0.0188. The lowest BCUT2D eigenvalue weighted by Gasteiger charge is -2.35. The highest BCUT2D eigenvalue weighted by molar-refractivity contribution is 5.93. The van der Waals surface area contributed by atoms with E-state index in [0.717, 1.165) is 22.0 Å². The molecule has 238 valence electrons. The van der Waals surface area contributed by atoms with Crippen molar-refractivity contribution in [1.82, 2.24) is 31.4 Å². The van der Waals surface area contributed by atoms with E-state index in [1.54, 1.807) is 19.2 Å². The van der Waals surface area contributed by atoms with E-state index in [0.29, 0.717) is 19.4 Å². The van der Waals surface area contributed by atoms with E-state index < -0.39 is 24.0 Å². The fourth-order valence-electron chi connectivity index (χ4n) is 5.22. The van der Waals surface area contributed by atoms with E-state index in [9.17, 15) is 19.2 Å². The van der Waals surface area contributed by atoms with Crippen molar-refractivity contribution in [3.63, 3.8) is 0 Å². The van der Waals surface area contributed by atoms with Crippen LogP contribution in [0.1, 0.15) is 78.6 Å². The highest BCUT2D eigenvalue weighted by Gasteiger charge is 2.33. The Morgan fingerprint density at radius 3 is 2.39 bits per heavy atom. The van der Waals surface area contributed by atoms with Gasteiger partial charge < -0.3 is 16.0 Å². The van der Waals surface area contributed by atoms with E-state index >= 15 is 0 Å². The van der Waals surface area contributed by atoms with Gasteiger partial charge in [0, 0.05) is 24.0 Å². The Hall–Kier alpha value is -4.05. The zero-order chi connectivity index (χ0) is 32.6. The topological polar surface area (TPSA) is 133 Å². The molecule has 10 nitrogen and oxygen atoms in total. The van der Waals surface area contributed by atoms with E-state index in [1.165, 1.54) is 5.01 Å². The summed E-state index contributed by atoms with van der Waals surface area (Å²) in [5.74, 6) is -1.68. The average molecular weight is 605 g/mol. The van der Waals surface area contributed by atoms with Gasteiger partial charge in [-0.2, -0.15) is 0 Å². The van der Waals surface area contributed by atoms with Gasteiger partial charge in [0.15, 0.2) is 0 Å². The maximum Gasteiger partial charge on any atom is 0.258 e. The minimum Gasteiger partial charge on any atom is -0.348 e. The average Bonchev–Trinajstić information content (AvgIpc) is 3.01. The summed E-state index contributed by atoms with van der Waals surface area (Å²) in [5.41, 5.74) is 4.79. The van der Waals surface area contributed by atoms with Crippen LogP contribution in [0.5, 0.6) is 0 Å². The first-order chi connectivity index (χ1) is 20.9. The molecule has 0 aliphatic carbocycles. The SMILES string of the molecule is C=Cc1cc2cc([C@@H](C)NC(=O)[C@@H]3CCCN(C(=O)[C@H](C)NC(=O)[C@@H](NC(=O)[C@H](C)[C@H](C)/C=C/C)C(C)C)N3)ccc2cn1. The number of hydrazine groups is 1. The van der Waals surface area contributed by atoms with Gasteiger partial charge in [0.2, 0.25) is 17.7 Å². The van der Waals surface area contributed by atoms with Crippen molar-refractivity contribution >= 4 is 40.5 Å². The molecule has 1 saturated heterocycles. The highest BCUT2D eigenvalue weighted by Crippen LogP contribution is 2.22. The maximum atomic E-state index is 13.3. The molecule has 44 heavy (non-hydrogen) atoms. The number of nitrogens with one attached hydrogen (secondary N) is 4. The first-order valence-electron chi connectivity index (χ1n) is 15.5. The summed E-state index contributed by atoms with van der Waals surface area (Å²) in [7, 11) is 0. The Morgan fingerprint density at radius 1 is 1.00 bits per heavy atom. The Kier molecular flexibility index (Phi) is 12.2.